The van der Waals surface area contributed by atoms with Gasteiger partial charge in [0.15, 0.2) is 0 Å². The van der Waals surface area contributed by atoms with Crippen molar-refractivity contribution in [2.75, 3.05) is 47.1 Å². The fourth-order valence-electron chi connectivity index (χ4n) is 3.62. The number of aliphatic hydroxyl groups is 1. The third-order valence-electron chi connectivity index (χ3n) is 5.07. The van der Waals surface area contributed by atoms with Crippen molar-refractivity contribution in [3.63, 3.8) is 0 Å². The normalized spacial score (nSPS) is 12.5. The molecule has 3 aromatic rings. The topological polar surface area (TPSA) is 96.9 Å². The second-order valence-corrected chi connectivity index (χ2v) is 8.30. The third kappa shape index (κ3) is 6.14. The van der Waals surface area contributed by atoms with Crippen LogP contribution in [0.25, 0.3) is 21.3 Å². The highest BCUT2D eigenvalue weighted by Gasteiger charge is 2.18. The third-order valence-corrected chi connectivity index (χ3v) is 5.94. The Morgan fingerprint density at radius 2 is 2.06 bits per heavy atom. The molecule has 32 heavy (non-hydrogen) atoms. The maximum Gasteiger partial charge on any atom is 0.260 e. The molecule has 0 aliphatic heterocycles. The second kappa shape index (κ2) is 12.1. The predicted octanol–water partition coefficient (Wildman–Crippen LogP) is 2.90. The van der Waals surface area contributed by atoms with Gasteiger partial charge in [-0.25, -0.2) is 4.98 Å². The van der Waals surface area contributed by atoms with Crippen molar-refractivity contribution in [3.8, 4) is 16.9 Å². The van der Waals surface area contributed by atoms with E-state index in [4.69, 9.17) is 19.2 Å². The van der Waals surface area contributed by atoms with Crippen LogP contribution in [0, 0.1) is 0 Å². The molecule has 2 N–H and O–H groups in total. The lowest BCUT2D eigenvalue weighted by molar-refractivity contribution is 0.0177. The first-order valence-corrected chi connectivity index (χ1v) is 11.6. The Bertz CT molecular complexity index is 1050. The number of aliphatic hydroxyl groups excluding tert-OH is 1. The summed E-state index contributed by atoms with van der Waals surface area (Å²) < 4.78 is 16.0. The molecule has 174 valence electrons. The molecule has 1 unspecified atom stereocenters. The summed E-state index contributed by atoms with van der Waals surface area (Å²) in [7, 11) is 3.28. The largest absolute Gasteiger partial charge is 0.496 e. The summed E-state index contributed by atoms with van der Waals surface area (Å²) in [6, 6.07) is 7.63. The quantitative estimate of drug-likeness (QED) is 0.378. The number of ether oxygens (including phenoxy) is 3. The number of thiophene rings is 1. The van der Waals surface area contributed by atoms with Crippen LogP contribution in [0.15, 0.2) is 34.4 Å². The van der Waals surface area contributed by atoms with E-state index in [1.165, 1.54) is 11.3 Å². The SMILES string of the molecule is CCOCC(O)CN(CCCOC)Cc1nc2scc(-c3ccccc3OC)c2c(=O)[nH]1. The number of nitrogens with zero attached hydrogens (tertiary/aromatic N) is 2. The number of H-pyrrole nitrogens is 1. The molecule has 1 atom stereocenters. The highest BCUT2D eigenvalue weighted by molar-refractivity contribution is 7.17. The summed E-state index contributed by atoms with van der Waals surface area (Å²) in [6.07, 6.45) is 0.188. The fourth-order valence-corrected chi connectivity index (χ4v) is 4.58. The molecule has 1 aromatic carbocycles. The molecule has 0 saturated carbocycles. The maximum atomic E-state index is 13.0. The van der Waals surface area contributed by atoms with Crippen LogP contribution in [0.4, 0.5) is 0 Å². The second-order valence-electron chi connectivity index (χ2n) is 7.44. The van der Waals surface area contributed by atoms with E-state index >= 15 is 0 Å². The molecule has 8 nitrogen and oxygen atoms in total. The number of nitrogens with one attached hydrogen (secondary N) is 1. The molecule has 0 saturated heterocycles. The lowest BCUT2D eigenvalue weighted by Crippen LogP contribution is -2.36. The van der Waals surface area contributed by atoms with E-state index in [9.17, 15) is 9.90 Å². The van der Waals surface area contributed by atoms with E-state index in [1.807, 2.05) is 36.6 Å². The van der Waals surface area contributed by atoms with Crippen molar-refractivity contribution in [1.82, 2.24) is 14.9 Å². The highest BCUT2D eigenvalue weighted by Crippen LogP contribution is 2.36. The van der Waals surface area contributed by atoms with E-state index < -0.39 is 6.10 Å². The average Bonchev–Trinajstić information content (AvgIpc) is 3.22. The van der Waals surface area contributed by atoms with Gasteiger partial charge < -0.3 is 24.3 Å². The van der Waals surface area contributed by atoms with Gasteiger partial charge in [0.05, 0.1) is 31.8 Å². The number of fused-ring (bicyclic) bond motifs is 1. The number of para-hydroxylation sites is 1. The standard InChI is InChI=1S/C23H31N3O5S/c1-4-31-14-16(27)12-26(10-7-11-29-2)13-20-24-22(28)21-18(15-32-23(21)25-20)17-8-5-6-9-19(17)30-3/h5-6,8-9,15-16,27H,4,7,10-14H2,1-3H3,(H,24,25,28). The molecule has 9 heteroatoms. The van der Waals surface area contributed by atoms with Crippen LogP contribution < -0.4 is 10.3 Å². The van der Waals surface area contributed by atoms with Crippen LogP contribution >= 0.6 is 11.3 Å². The first kappa shape index (κ1) is 24.3. The highest BCUT2D eigenvalue weighted by atomic mass is 32.1. The average molecular weight is 462 g/mol. The monoisotopic (exact) mass is 461 g/mol. The van der Waals surface area contributed by atoms with Crippen LogP contribution in [0.2, 0.25) is 0 Å². The molecule has 0 aliphatic rings. The lowest BCUT2D eigenvalue weighted by atomic mass is 10.1. The first-order valence-electron chi connectivity index (χ1n) is 10.7. The summed E-state index contributed by atoms with van der Waals surface area (Å²) in [5, 5.41) is 12.8. The minimum atomic E-state index is -0.619. The van der Waals surface area contributed by atoms with Crippen LogP contribution in [-0.4, -0.2) is 73.2 Å². The van der Waals surface area contributed by atoms with Gasteiger partial charge >= 0.3 is 0 Å². The van der Waals surface area contributed by atoms with E-state index in [0.717, 1.165) is 17.5 Å². The smallest absolute Gasteiger partial charge is 0.260 e. The Balaban J connectivity index is 1.85. The molecule has 0 bridgehead atoms. The molecular weight excluding hydrogens is 430 g/mol. The number of rotatable bonds is 13. The van der Waals surface area contributed by atoms with E-state index in [-0.39, 0.29) is 12.2 Å². The Morgan fingerprint density at radius 1 is 1.25 bits per heavy atom. The number of hydrogen-bond acceptors (Lipinski definition) is 8. The van der Waals surface area contributed by atoms with Crippen molar-refractivity contribution in [2.24, 2.45) is 0 Å². The van der Waals surface area contributed by atoms with Crippen LogP contribution in [-0.2, 0) is 16.0 Å². The van der Waals surface area contributed by atoms with Gasteiger partial charge in [0.1, 0.15) is 16.4 Å². The summed E-state index contributed by atoms with van der Waals surface area (Å²) in [5.41, 5.74) is 1.49. The van der Waals surface area contributed by atoms with Gasteiger partial charge in [0.2, 0.25) is 0 Å². The minimum absolute atomic E-state index is 0.182. The summed E-state index contributed by atoms with van der Waals surface area (Å²) in [4.78, 5) is 23.4. The molecule has 0 fully saturated rings. The molecule has 0 radical (unpaired) electrons. The number of methoxy groups -OCH3 is 2. The zero-order valence-corrected chi connectivity index (χ0v) is 19.6. The first-order chi connectivity index (χ1) is 15.6. The maximum absolute atomic E-state index is 13.0. The van der Waals surface area contributed by atoms with E-state index in [2.05, 4.69) is 9.88 Å². The Hall–Kier alpha value is -2.30. The minimum Gasteiger partial charge on any atom is -0.496 e. The molecule has 2 aromatic heterocycles. The molecule has 3 rings (SSSR count). The van der Waals surface area contributed by atoms with Crippen molar-refractivity contribution < 1.29 is 19.3 Å². The van der Waals surface area contributed by atoms with Crippen LogP contribution in [0.5, 0.6) is 5.75 Å². The van der Waals surface area contributed by atoms with Gasteiger partial charge in [-0.05, 0) is 19.4 Å². The molecular formula is C23H31N3O5S. The van der Waals surface area contributed by atoms with Crippen molar-refractivity contribution in [2.45, 2.75) is 26.0 Å². The molecule has 2 heterocycles. The van der Waals surface area contributed by atoms with Crippen molar-refractivity contribution >= 4 is 21.6 Å². The molecule has 0 spiro atoms. The van der Waals surface area contributed by atoms with Crippen molar-refractivity contribution in [3.05, 3.63) is 45.8 Å². The van der Waals surface area contributed by atoms with Gasteiger partial charge in [0.25, 0.3) is 5.56 Å². The van der Waals surface area contributed by atoms with E-state index in [0.29, 0.717) is 54.6 Å². The van der Waals surface area contributed by atoms with Gasteiger partial charge in [-0.3, -0.25) is 9.69 Å². The van der Waals surface area contributed by atoms with Gasteiger partial charge in [-0.15, -0.1) is 11.3 Å². The Kier molecular flexibility index (Phi) is 9.19. The van der Waals surface area contributed by atoms with Crippen LogP contribution in [0.1, 0.15) is 19.2 Å². The summed E-state index contributed by atoms with van der Waals surface area (Å²) in [5.74, 6) is 1.28. The Morgan fingerprint density at radius 3 is 2.81 bits per heavy atom. The number of hydrogen-bond donors (Lipinski definition) is 2. The molecule has 0 amide bonds. The van der Waals surface area contributed by atoms with Crippen molar-refractivity contribution in [1.29, 1.82) is 0 Å². The summed E-state index contributed by atoms with van der Waals surface area (Å²) >= 11 is 1.44. The fraction of sp³-hybridized carbons (Fsp3) is 0.478. The lowest BCUT2D eigenvalue weighted by Gasteiger charge is -2.24. The Labute approximate surface area is 191 Å². The van der Waals surface area contributed by atoms with Gasteiger partial charge in [-0.1, -0.05) is 18.2 Å². The van der Waals surface area contributed by atoms with Gasteiger partial charge in [-0.2, -0.15) is 0 Å². The number of aromatic nitrogens is 2. The zero-order valence-electron chi connectivity index (χ0n) is 18.8. The van der Waals surface area contributed by atoms with E-state index in [1.54, 1.807) is 14.2 Å². The molecule has 0 aliphatic carbocycles. The number of aromatic amines is 1. The zero-order chi connectivity index (χ0) is 22.9. The predicted molar refractivity (Wildman–Crippen MR) is 126 cm³/mol. The number of benzene rings is 1. The summed E-state index contributed by atoms with van der Waals surface area (Å²) in [6.45, 7) is 4.88. The van der Waals surface area contributed by atoms with Gasteiger partial charge in [0, 0.05) is 49.9 Å². The van der Waals surface area contributed by atoms with Crippen LogP contribution in [0.3, 0.4) is 0 Å².